The molecule has 2 aromatic heterocycles. The molecule has 6 aromatic rings. The molecule has 2 heterocycles. The summed E-state index contributed by atoms with van der Waals surface area (Å²) < 4.78 is 70.3. The highest BCUT2D eigenvalue weighted by molar-refractivity contribution is 7.92. The molecular formula is C39H36ClF2N7O6S. The summed E-state index contributed by atoms with van der Waals surface area (Å²) in [6.07, 6.45) is -0.166. The third-order valence-corrected chi connectivity index (χ3v) is 10.1. The number of anilines is 1. The lowest BCUT2D eigenvalue weighted by atomic mass is 10.0. The molecular weight excluding hydrogens is 768 g/mol. The van der Waals surface area contributed by atoms with Crippen molar-refractivity contribution in [3.63, 3.8) is 0 Å². The minimum absolute atomic E-state index is 0.0339. The molecule has 0 saturated carbocycles. The number of halogens is 3. The molecule has 290 valence electrons. The van der Waals surface area contributed by atoms with Crippen LogP contribution in [0.3, 0.4) is 0 Å². The maximum Gasteiger partial charge on any atom is 0.408 e. The number of methoxy groups -OCH3 is 1. The van der Waals surface area contributed by atoms with Crippen molar-refractivity contribution in [2.24, 2.45) is 7.05 Å². The van der Waals surface area contributed by atoms with Crippen LogP contribution in [0.4, 0.5) is 19.4 Å². The number of benzene rings is 4. The van der Waals surface area contributed by atoms with Crippen LogP contribution in [0.25, 0.3) is 27.5 Å². The van der Waals surface area contributed by atoms with E-state index in [1.54, 1.807) is 52.1 Å². The number of carbonyl (C=O) groups excluding carboxylic acids is 1. The van der Waals surface area contributed by atoms with Gasteiger partial charge in [0.2, 0.25) is 10.0 Å². The van der Waals surface area contributed by atoms with Gasteiger partial charge in [-0.15, -0.1) is 0 Å². The first kappa shape index (κ1) is 39.6. The van der Waals surface area contributed by atoms with E-state index < -0.39 is 45.0 Å². The van der Waals surface area contributed by atoms with E-state index in [1.165, 1.54) is 46.7 Å². The van der Waals surface area contributed by atoms with Gasteiger partial charge in [-0.2, -0.15) is 10.4 Å². The molecule has 17 heteroatoms. The van der Waals surface area contributed by atoms with Crippen LogP contribution in [0, 0.1) is 23.0 Å². The molecule has 1 amide bonds. The summed E-state index contributed by atoms with van der Waals surface area (Å²) in [5.41, 5.74) is -0.253. The molecule has 0 spiro atoms. The number of hydrogen-bond acceptors (Lipinski definition) is 9. The molecule has 56 heavy (non-hydrogen) atoms. The Morgan fingerprint density at radius 2 is 1.71 bits per heavy atom. The Bertz CT molecular complexity index is 2700. The first-order chi connectivity index (χ1) is 26.4. The fraction of sp³-hybridized carbons (Fsp3) is 0.256. The summed E-state index contributed by atoms with van der Waals surface area (Å²) in [6.45, 7) is 4.81. The number of nitrogens with zero attached hydrogens (tertiary/aromatic N) is 6. The fourth-order valence-corrected chi connectivity index (χ4v) is 7.36. The standard InChI is InChI=1S/C39H36ClF2N7O6S/c1-39(2,3)55-38(51)45-31(18-24-15-25(41)19-26(42)16-24)35-44-30-17-23(20-43)9-12-28(30)37(50)49(35)32-14-13-29(40)33-34(32)47(4)46-36(33)48(56(6,52)53)21-22-7-10-27(54-5)11-8-22/h7-17,19,31H,18,21H2,1-6H3,(H,45,51)/t31-/m0/s1. The summed E-state index contributed by atoms with van der Waals surface area (Å²) in [6, 6.07) is 17.7. The summed E-state index contributed by atoms with van der Waals surface area (Å²) in [7, 11) is -0.943. The fourth-order valence-electron chi connectivity index (χ4n) is 6.30. The summed E-state index contributed by atoms with van der Waals surface area (Å²) in [5, 5.41) is 17.4. The van der Waals surface area contributed by atoms with E-state index in [-0.39, 0.29) is 68.3 Å². The lowest BCUT2D eigenvalue weighted by molar-refractivity contribution is 0.0500. The highest BCUT2D eigenvalue weighted by Crippen LogP contribution is 2.38. The van der Waals surface area contributed by atoms with Crippen LogP contribution >= 0.6 is 11.6 Å². The van der Waals surface area contributed by atoms with Crippen molar-refractivity contribution in [3.05, 3.63) is 122 Å². The summed E-state index contributed by atoms with van der Waals surface area (Å²) in [5.74, 6) is -1.31. The van der Waals surface area contributed by atoms with Gasteiger partial charge in [0.05, 0.1) is 70.1 Å². The van der Waals surface area contributed by atoms with Crippen LogP contribution in [0.2, 0.25) is 5.02 Å². The highest BCUT2D eigenvalue weighted by atomic mass is 35.5. The number of hydrogen-bond donors (Lipinski definition) is 1. The predicted molar refractivity (Wildman–Crippen MR) is 208 cm³/mol. The largest absolute Gasteiger partial charge is 0.497 e. The van der Waals surface area contributed by atoms with Gasteiger partial charge in [0.25, 0.3) is 5.56 Å². The molecule has 0 aliphatic carbocycles. The van der Waals surface area contributed by atoms with E-state index in [0.29, 0.717) is 17.4 Å². The second-order valence-electron chi connectivity index (χ2n) is 14.0. The molecule has 0 radical (unpaired) electrons. The minimum Gasteiger partial charge on any atom is -0.497 e. The molecule has 0 fully saturated rings. The maximum absolute atomic E-state index is 14.8. The Labute approximate surface area is 325 Å². The molecule has 13 nitrogen and oxygen atoms in total. The lowest BCUT2D eigenvalue weighted by Crippen LogP contribution is -2.39. The number of sulfonamides is 1. The zero-order valence-corrected chi connectivity index (χ0v) is 32.7. The smallest absolute Gasteiger partial charge is 0.408 e. The summed E-state index contributed by atoms with van der Waals surface area (Å²) >= 11 is 6.84. The van der Waals surface area contributed by atoms with Gasteiger partial charge in [0, 0.05) is 19.5 Å². The molecule has 6 rings (SSSR count). The van der Waals surface area contributed by atoms with Crippen molar-refractivity contribution in [3.8, 4) is 17.5 Å². The number of amides is 1. The third kappa shape index (κ3) is 8.28. The maximum atomic E-state index is 14.8. The average molecular weight is 804 g/mol. The number of aryl methyl sites for hydroxylation is 1. The molecule has 0 aliphatic heterocycles. The SMILES string of the molecule is COc1ccc(CN(c2nn(C)c3c(-n4c([C@H](Cc5cc(F)cc(F)c5)NC(=O)OC(C)(C)C)nc5cc(C#N)ccc5c4=O)ccc(Cl)c23)S(C)(=O)=O)cc1. The van der Waals surface area contributed by atoms with Crippen molar-refractivity contribution in [2.75, 3.05) is 17.7 Å². The van der Waals surface area contributed by atoms with E-state index in [4.69, 9.17) is 26.1 Å². The molecule has 0 saturated heterocycles. The Kier molecular flexibility index (Phi) is 10.8. The van der Waals surface area contributed by atoms with Crippen LogP contribution in [0.1, 0.15) is 49.3 Å². The predicted octanol–water partition coefficient (Wildman–Crippen LogP) is 6.86. The molecule has 0 bridgehead atoms. The molecule has 4 aromatic carbocycles. The Morgan fingerprint density at radius 3 is 2.32 bits per heavy atom. The number of fused-ring (bicyclic) bond motifs is 2. The molecule has 0 unspecified atom stereocenters. The number of alkyl carbamates (subject to hydrolysis) is 1. The second-order valence-corrected chi connectivity index (χ2v) is 16.3. The number of aromatic nitrogens is 4. The van der Waals surface area contributed by atoms with Gasteiger partial charge in [0.1, 0.15) is 28.8 Å². The van der Waals surface area contributed by atoms with Crippen molar-refractivity contribution in [1.82, 2.24) is 24.6 Å². The van der Waals surface area contributed by atoms with E-state index in [0.717, 1.165) is 22.7 Å². The summed E-state index contributed by atoms with van der Waals surface area (Å²) in [4.78, 5) is 32.9. The minimum atomic E-state index is -4.00. The van der Waals surface area contributed by atoms with Gasteiger partial charge in [-0.25, -0.2) is 31.3 Å². The quantitative estimate of drug-likeness (QED) is 0.156. The van der Waals surface area contributed by atoms with Gasteiger partial charge in [-0.05, 0) is 86.5 Å². The van der Waals surface area contributed by atoms with Crippen LogP contribution < -0.4 is 19.9 Å². The first-order valence-corrected chi connectivity index (χ1v) is 19.3. The van der Waals surface area contributed by atoms with Crippen LogP contribution in [0.5, 0.6) is 5.75 Å². The molecule has 0 aliphatic rings. The van der Waals surface area contributed by atoms with Gasteiger partial charge < -0.3 is 14.8 Å². The van der Waals surface area contributed by atoms with Crippen LogP contribution in [-0.4, -0.2) is 52.8 Å². The van der Waals surface area contributed by atoms with Gasteiger partial charge in [-0.3, -0.25) is 14.0 Å². The van der Waals surface area contributed by atoms with E-state index in [1.807, 2.05) is 6.07 Å². The average Bonchev–Trinajstić information content (AvgIpc) is 3.46. The number of ether oxygens (including phenoxy) is 2. The number of nitrogens with one attached hydrogen (secondary N) is 1. The van der Waals surface area contributed by atoms with Crippen LogP contribution in [-0.2, 0) is 34.8 Å². The Balaban J connectivity index is 1.64. The number of rotatable bonds is 10. The van der Waals surface area contributed by atoms with Gasteiger partial charge in [-0.1, -0.05) is 23.7 Å². The van der Waals surface area contributed by atoms with E-state index in [2.05, 4.69) is 10.4 Å². The number of carbonyl (C=O) groups is 1. The first-order valence-electron chi connectivity index (χ1n) is 17.0. The second kappa shape index (κ2) is 15.2. The molecule has 1 atom stereocenters. The van der Waals surface area contributed by atoms with Crippen molar-refractivity contribution in [2.45, 2.75) is 45.4 Å². The number of nitriles is 1. The Hall–Kier alpha value is -6.05. The molecule has 1 N–H and O–H groups in total. The van der Waals surface area contributed by atoms with E-state index >= 15 is 0 Å². The topological polar surface area (TPSA) is 161 Å². The van der Waals surface area contributed by atoms with E-state index in [9.17, 15) is 32.0 Å². The monoisotopic (exact) mass is 803 g/mol. The van der Waals surface area contributed by atoms with Crippen LogP contribution in [0.15, 0.2) is 77.6 Å². The zero-order chi connectivity index (χ0) is 40.7. The van der Waals surface area contributed by atoms with Gasteiger partial charge >= 0.3 is 6.09 Å². The third-order valence-electron chi connectivity index (χ3n) is 8.65. The van der Waals surface area contributed by atoms with Crippen molar-refractivity contribution in [1.29, 1.82) is 5.26 Å². The van der Waals surface area contributed by atoms with Crippen molar-refractivity contribution >= 4 is 55.3 Å². The lowest BCUT2D eigenvalue weighted by Gasteiger charge is -2.26. The normalized spacial score (nSPS) is 12.4. The van der Waals surface area contributed by atoms with Crippen molar-refractivity contribution < 1.29 is 31.5 Å². The highest BCUT2D eigenvalue weighted by Gasteiger charge is 2.31. The Morgan fingerprint density at radius 1 is 1.04 bits per heavy atom. The van der Waals surface area contributed by atoms with Gasteiger partial charge in [0.15, 0.2) is 5.82 Å². The zero-order valence-electron chi connectivity index (χ0n) is 31.1.